The first-order chi connectivity index (χ1) is 8.49. The second-order valence-corrected chi connectivity index (χ2v) is 4.99. The van der Waals surface area contributed by atoms with Crippen LogP contribution in [0.4, 0.5) is 8.78 Å². The summed E-state index contributed by atoms with van der Waals surface area (Å²) in [5.74, 6) is -1.99. The van der Waals surface area contributed by atoms with E-state index >= 15 is 0 Å². The van der Waals surface area contributed by atoms with Crippen LogP contribution in [-0.2, 0) is 0 Å². The summed E-state index contributed by atoms with van der Waals surface area (Å²) in [5.41, 5.74) is 0.969. The Labute approximate surface area is 118 Å². The van der Waals surface area contributed by atoms with E-state index < -0.39 is 17.0 Å². The van der Waals surface area contributed by atoms with Crippen LogP contribution < -0.4 is 0 Å². The molecule has 18 heavy (non-hydrogen) atoms. The highest BCUT2D eigenvalue weighted by molar-refractivity contribution is 6.33. The molecule has 5 heteroatoms. The normalized spacial score (nSPS) is 12.5. The Morgan fingerprint density at radius 3 is 2.28 bits per heavy atom. The molecular weight excluding hydrogens is 300 g/mol. The minimum atomic E-state index is -1.00. The Bertz CT molecular complexity index is 584. The van der Waals surface area contributed by atoms with Gasteiger partial charge in [0.2, 0.25) is 0 Å². The summed E-state index contributed by atoms with van der Waals surface area (Å²) in [6.45, 7) is 0. The van der Waals surface area contributed by atoms with Crippen LogP contribution in [-0.4, -0.2) is 0 Å². The Hall–Kier alpha value is -0.830. The summed E-state index contributed by atoms with van der Waals surface area (Å²) in [7, 11) is 0. The van der Waals surface area contributed by atoms with Crippen LogP contribution in [0, 0.1) is 11.6 Å². The van der Waals surface area contributed by atoms with Crippen molar-refractivity contribution in [1.29, 1.82) is 0 Å². The Morgan fingerprint density at radius 1 is 0.944 bits per heavy atom. The lowest BCUT2D eigenvalue weighted by molar-refractivity contribution is 0.507. The third-order valence-corrected chi connectivity index (χ3v) is 3.50. The minimum Gasteiger partial charge on any atom is -0.204 e. The molecule has 2 aromatic carbocycles. The van der Waals surface area contributed by atoms with Gasteiger partial charge in [-0.1, -0.05) is 35.3 Å². The molecule has 0 aliphatic rings. The van der Waals surface area contributed by atoms with Crippen molar-refractivity contribution in [1.82, 2.24) is 0 Å². The predicted molar refractivity (Wildman–Crippen MR) is 70.5 cm³/mol. The summed E-state index contributed by atoms with van der Waals surface area (Å²) in [4.78, 5) is 0. The molecule has 0 spiro atoms. The van der Waals surface area contributed by atoms with Gasteiger partial charge < -0.3 is 0 Å². The highest BCUT2D eigenvalue weighted by Crippen LogP contribution is 2.35. The monoisotopic (exact) mass is 306 g/mol. The van der Waals surface area contributed by atoms with E-state index in [1.165, 1.54) is 0 Å². The van der Waals surface area contributed by atoms with Crippen molar-refractivity contribution in [3.05, 3.63) is 69.2 Å². The average Bonchev–Trinajstić information content (AvgIpc) is 2.33. The molecule has 1 atom stereocenters. The van der Waals surface area contributed by atoms with Crippen LogP contribution in [0.25, 0.3) is 0 Å². The first-order valence-electron chi connectivity index (χ1n) is 5.03. The Kier molecular flexibility index (Phi) is 4.10. The second kappa shape index (κ2) is 5.43. The SMILES string of the molecule is Fc1cc(Cl)c(C(Cl)c2cccc(Cl)c2)cc1F. The van der Waals surface area contributed by atoms with Crippen molar-refractivity contribution in [2.24, 2.45) is 0 Å². The quantitative estimate of drug-likeness (QED) is 0.500. The standard InChI is InChI=1S/C13H7Cl3F2/c14-8-3-1-2-7(4-8)13(16)9-5-11(17)12(18)6-10(9)15/h1-6,13H. The van der Waals surface area contributed by atoms with Crippen LogP contribution in [0.3, 0.4) is 0 Å². The van der Waals surface area contributed by atoms with Crippen molar-refractivity contribution in [2.45, 2.75) is 5.38 Å². The molecule has 0 aliphatic carbocycles. The highest BCUT2D eigenvalue weighted by atomic mass is 35.5. The fourth-order valence-electron chi connectivity index (χ4n) is 1.58. The van der Waals surface area contributed by atoms with E-state index in [0.717, 1.165) is 12.1 Å². The average molecular weight is 308 g/mol. The zero-order chi connectivity index (χ0) is 13.3. The highest BCUT2D eigenvalue weighted by Gasteiger charge is 2.17. The lowest BCUT2D eigenvalue weighted by Gasteiger charge is -2.13. The summed E-state index contributed by atoms with van der Waals surface area (Å²) >= 11 is 17.9. The molecule has 1 unspecified atom stereocenters. The molecule has 0 saturated carbocycles. The maximum absolute atomic E-state index is 13.2. The van der Waals surface area contributed by atoms with Crippen molar-refractivity contribution in [2.75, 3.05) is 0 Å². The molecule has 0 amide bonds. The van der Waals surface area contributed by atoms with Gasteiger partial charge in [-0.25, -0.2) is 8.78 Å². The zero-order valence-corrected chi connectivity index (χ0v) is 11.2. The van der Waals surface area contributed by atoms with E-state index in [9.17, 15) is 8.78 Å². The van der Waals surface area contributed by atoms with Crippen LogP contribution in [0.5, 0.6) is 0 Å². The number of halogens is 5. The molecule has 94 valence electrons. The van der Waals surface area contributed by atoms with Gasteiger partial charge in [-0.3, -0.25) is 0 Å². The molecule has 0 radical (unpaired) electrons. The van der Waals surface area contributed by atoms with Gasteiger partial charge in [0.05, 0.1) is 5.38 Å². The maximum atomic E-state index is 13.2. The molecule has 0 N–H and O–H groups in total. The molecule has 0 aliphatic heterocycles. The maximum Gasteiger partial charge on any atom is 0.160 e. The number of hydrogen-bond acceptors (Lipinski definition) is 0. The van der Waals surface area contributed by atoms with E-state index in [2.05, 4.69) is 0 Å². The summed E-state index contributed by atoms with van der Waals surface area (Å²) in [6.07, 6.45) is 0. The van der Waals surface area contributed by atoms with Gasteiger partial charge >= 0.3 is 0 Å². The third kappa shape index (κ3) is 2.77. The summed E-state index contributed by atoms with van der Waals surface area (Å²) in [6, 6.07) is 8.71. The topological polar surface area (TPSA) is 0 Å². The summed E-state index contributed by atoms with van der Waals surface area (Å²) < 4.78 is 26.2. The van der Waals surface area contributed by atoms with E-state index in [1.807, 2.05) is 0 Å². The largest absolute Gasteiger partial charge is 0.204 e. The molecular formula is C13H7Cl3F2. The third-order valence-electron chi connectivity index (χ3n) is 2.45. The number of benzene rings is 2. The Morgan fingerprint density at radius 2 is 1.61 bits per heavy atom. The zero-order valence-electron chi connectivity index (χ0n) is 8.93. The lowest BCUT2D eigenvalue weighted by Crippen LogP contribution is -1.97. The minimum absolute atomic E-state index is 0.0777. The molecule has 0 nitrogen and oxygen atoms in total. The first-order valence-corrected chi connectivity index (χ1v) is 6.22. The van der Waals surface area contributed by atoms with E-state index in [0.29, 0.717) is 16.1 Å². The van der Waals surface area contributed by atoms with Crippen molar-refractivity contribution in [3.8, 4) is 0 Å². The van der Waals surface area contributed by atoms with Crippen LogP contribution in [0.2, 0.25) is 10.0 Å². The van der Waals surface area contributed by atoms with E-state index in [4.69, 9.17) is 34.8 Å². The van der Waals surface area contributed by atoms with Crippen molar-refractivity contribution < 1.29 is 8.78 Å². The smallest absolute Gasteiger partial charge is 0.160 e. The summed E-state index contributed by atoms with van der Waals surface area (Å²) in [5, 5.41) is -0.1000. The van der Waals surface area contributed by atoms with E-state index in [-0.39, 0.29) is 5.02 Å². The van der Waals surface area contributed by atoms with Gasteiger partial charge in [-0.05, 0) is 35.4 Å². The van der Waals surface area contributed by atoms with Crippen molar-refractivity contribution in [3.63, 3.8) is 0 Å². The molecule has 0 saturated heterocycles. The molecule has 0 aromatic heterocycles. The number of alkyl halides is 1. The molecule has 2 aromatic rings. The van der Waals surface area contributed by atoms with Gasteiger partial charge in [0, 0.05) is 10.0 Å². The van der Waals surface area contributed by atoms with Gasteiger partial charge in [-0.15, -0.1) is 11.6 Å². The van der Waals surface area contributed by atoms with Gasteiger partial charge in [-0.2, -0.15) is 0 Å². The van der Waals surface area contributed by atoms with Gasteiger partial charge in [0.1, 0.15) is 0 Å². The number of rotatable bonds is 2. The molecule has 2 rings (SSSR count). The second-order valence-electron chi connectivity index (χ2n) is 3.71. The predicted octanol–water partition coefficient (Wildman–Crippen LogP) is 5.60. The lowest BCUT2D eigenvalue weighted by atomic mass is 10.0. The van der Waals surface area contributed by atoms with Crippen molar-refractivity contribution >= 4 is 34.8 Å². The van der Waals surface area contributed by atoms with Crippen LogP contribution in [0.1, 0.15) is 16.5 Å². The van der Waals surface area contributed by atoms with Gasteiger partial charge in [0.15, 0.2) is 11.6 Å². The fraction of sp³-hybridized carbons (Fsp3) is 0.0769. The molecule has 0 bridgehead atoms. The number of hydrogen-bond donors (Lipinski definition) is 0. The Balaban J connectivity index is 2.46. The molecule has 0 fully saturated rings. The fourth-order valence-corrected chi connectivity index (χ4v) is 2.41. The van der Waals surface area contributed by atoms with Crippen LogP contribution in [0.15, 0.2) is 36.4 Å². The van der Waals surface area contributed by atoms with E-state index in [1.54, 1.807) is 24.3 Å². The van der Waals surface area contributed by atoms with Gasteiger partial charge in [0.25, 0.3) is 0 Å². The molecule has 0 heterocycles. The first kappa shape index (κ1) is 13.6. The van der Waals surface area contributed by atoms with Crippen LogP contribution >= 0.6 is 34.8 Å².